The molecule has 2 atom stereocenters. The SMILES string of the molecule is CC(NCCN(C)C(C)c1ccccc1Cl)c1ccco1. The van der Waals surface area contributed by atoms with Crippen LogP contribution in [0.4, 0.5) is 0 Å². The number of halogens is 1. The second-order valence-corrected chi connectivity index (χ2v) is 5.78. The van der Waals surface area contributed by atoms with Crippen LogP contribution in [0.15, 0.2) is 47.1 Å². The highest BCUT2D eigenvalue weighted by Gasteiger charge is 2.14. The first-order chi connectivity index (χ1) is 10.1. The second-order valence-electron chi connectivity index (χ2n) is 5.37. The van der Waals surface area contributed by atoms with Crippen LogP contribution < -0.4 is 5.32 Å². The Balaban J connectivity index is 1.82. The lowest BCUT2D eigenvalue weighted by atomic mass is 10.1. The van der Waals surface area contributed by atoms with Crippen molar-refractivity contribution in [3.63, 3.8) is 0 Å². The first kappa shape index (κ1) is 16.1. The summed E-state index contributed by atoms with van der Waals surface area (Å²) in [5.41, 5.74) is 1.17. The minimum absolute atomic E-state index is 0.226. The van der Waals surface area contributed by atoms with Gasteiger partial charge in [0, 0.05) is 24.2 Å². The van der Waals surface area contributed by atoms with Crippen LogP contribution in [-0.4, -0.2) is 25.0 Å². The fourth-order valence-electron chi connectivity index (χ4n) is 2.34. The summed E-state index contributed by atoms with van der Waals surface area (Å²) in [6.45, 7) is 6.12. The number of rotatable bonds is 7. The predicted octanol–water partition coefficient (Wildman–Crippen LogP) is 4.28. The summed E-state index contributed by atoms with van der Waals surface area (Å²) in [7, 11) is 2.12. The third-order valence-electron chi connectivity index (χ3n) is 3.90. The molecule has 0 aliphatic rings. The van der Waals surface area contributed by atoms with E-state index >= 15 is 0 Å². The van der Waals surface area contributed by atoms with Gasteiger partial charge < -0.3 is 9.73 Å². The summed E-state index contributed by atoms with van der Waals surface area (Å²) >= 11 is 6.26. The normalized spacial score (nSPS) is 14.3. The van der Waals surface area contributed by atoms with Crippen LogP contribution in [0.5, 0.6) is 0 Å². The van der Waals surface area contributed by atoms with Crippen molar-refractivity contribution in [2.24, 2.45) is 0 Å². The van der Waals surface area contributed by atoms with Gasteiger partial charge in [0.1, 0.15) is 5.76 Å². The third kappa shape index (κ3) is 4.34. The quantitative estimate of drug-likeness (QED) is 0.828. The van der Waals surface area contributed by atoms with Crippen LogP contribution >= 0.6 is 11.6 Å². The first-order valence-electron chi connectivity index (χ1n) is 7.31. The van der Waals surface area contributed by atoms with Crippen molar-refractivity contribution < 1.29 is 4.42 Å². The summed E-state index contributed by atoms with van der Waals surface area (Å²) in [5, 5.41) is 4.30. The standard InChI is InChI=1S/C17H23ClN2O/c1-13(17-9-6-12-21-17)19-10-11-20(3)14(2)15-7-4-5-8-16(15)18/h4-9,12-14,19H,10-11H2,1-3H3. The van der Waals surface area contributed by atoms with Gasteiger partial charge in [0.05, 0.1) is 12.3 Å². The number of likely N-dealkylation sites (N-methyl/N-ethyl adjacent to an activating group) is 1. The van der Waals surface area contributed by atoms with Crippen molar-refractivity contribution in [3.05, 3.63) is 59.0 Å². The molecule has 1 heterocycles. The molecule has 2 rings (SSSR count). The fraction of sp³-hybridized carbons (Fsp3) is 0.412. The minimum atomic E-state index is 0.226. The van der Waals surface area contributed by atoms with Gasteiger partial charge in [-0.3, -0.25) is 4.90 Å². The van der Waals surface area contributed by atoms with E-state index in [2.05, 4.69) is 37.2 Å². The summed E-state index contributed by atoms with van der Waals surface area (Å²) in [6, 6.07) is 12.4. The van der Waals surface area contributed by atoms with Crippen molar-refractivity contribution in [2.75, 3.05) is 20.1 Å². The van der Waals surface area contributed by atoms with Gasteiger partial charge >= 0.3 is 0 Å². The lowest BCUT2D eigenvalue weighted by Crippen LogP contribution is -2.32. The van der Waals surface area contributed by atoms with E-state index < -0.39 is 0 Å². The van der Waals surface area contributed by atoms with E-state index in [-0.39, 0.29) is 6.04 Å². The van der Waals surface area contributed by atoms with Gasteiger partial charge in [-0.15, -0.1) is 0 Å². The van der Waals surface area contributed by atoms with Crippen LogP contribution in [-0.2, 0) is 0 Å². The Kier molecular flexibility index (Phi) is 5.85. The number of furan rings is 1. The second kappa shape index (κ2) is 7.64. The molecule has 0 bridgehead atoms. The zero-order valence-corrected chi connectivity index (χ0v) is 13.6. The number of hydrogen-bond donors (Lipinski definition) is 1. The van der Waals surface area contributed by atoms with Crippen LogP contribution in [0, 0.1) is 0 Å². The van der Waals surface area contributed by atoms with E-state index in [1.54, 1.807) is 6.26 Å². The average molecular weight is 307 g/mol. The average Bonchev–Trinajstić information content (AvgIpc) is 3.01. The summed E-state index contributed by atoms with van der Waals surface area (Å²) in [5.74, 6) is 0.969. The van der Waals surface area contributed by atoms with Crippen molar-refractivity contribution in [1.29, 1.82) is 0 Å². The molecular weight excluding hydrogens is 284 g/mol. The van der Waals surface area contributed by atoms with Crippen LogP contribution in [0.1, 0.15) is 37.3 Å². The molecule has 0 fully saturated rings. The summed E-state index contributed by atoms with van der Waals surface area (Å²) in [6.07, 6.45) is 1.71. The number of nitrogens with one attached hydrogen (secondary N) is 1. The highest BCUT2D eigenvalue weighted by molar-refractivity contribution is 6.31. The minimum Gasteiger partial charge on any atom is -0.468 e. The topological polar surface area (TPSA) is 28.4 Å². The Morgan fingerprint density at radius 2 is 1.95 bits per heavy atom. The van der Waals surface area contributed by atoms with E-state index in [0.29, 0.717) is 6.04 Å². The molecule has 1 aromatic heterocycles. The summed E-state index contributed by atoms with van der Waals surface area (Å²) < 4.78 is 5.39. The largest absolute Gasteiger partial charge is 0.468 e. The Morgan fingerprint density at radius 3 is 2.62 bits per heavy atom. The molecular formula is C17H23ClN2O. The smallest absolute Gasteiger partial charge is 0.120 e. The third-order valence-corrected chi connectivity index (χ3v) is 4.25. The highest BCUT2D eigenvalue weighted by atomic mass is 35.5. The van der Waals surface area contributed by atoms with Gasteiger partial charge in [-0.05, 0) is 44.7 Å². The molecule has 0 saturated carbocycles. The maximum atomic E-state index is 6.26. The molecule has 2 aromatic rings. The summed E-state index contributed by atoms with van der Waals surface area (Å²) in [4.78, 5) is 2.29. The van der Waals surface area contributed by atoms with E-state index in [1.165, 1.54) is 5.56 Å². The molecule has 3 nitrogen and oxygen atoms in total. The Morgan fingerprint density at radius 1 is 1.19 bits per heavy atom. The molecule has 4 heteroatoms. The number of nitrogens with zero attached hydrogens (tertiary/aromatic N) is 1. The molecule has 0 saturated heterocycles. The van der Waals surface area contributed by atoms with E-state index in [0.717, 1.165) is 23.9 Å². The first-order valence-corrected chi connectivity index (χ1v) is 7.69. The highest BCUT2D eigenvalue weighted by Crippen LogP contribution is 2.25. The monoisotopic (exact) mass is 306 g/mol. The molecule has 0 spiro atoms. The fourth-order valence-corrected chi connectivity index (χ4v) is 2.63. The van der Waals surface area contributed by atoms with E-state index in [4.69, 9.17) is 16.0 Å². The Labute approximate surface area is 131 Å². The number of benzene rings is 1. The van der Waals surface area contributed by atoms with Gasteiger partial charge in [-0.2, -0.15) is 0 Å². The maximum absolute atomic E-state index is 6.26. The Bertz CT molecular complexity index is 541. The molecule has 1 aromatic carbocycles. The van der Waals surface area contributed by atoms with Crippen LogP contribution in [0.2, 0.25) is 5.02 Å². The molecule has 114 valence electrons. The molecule has 0 radical (unpaired) electrons. The zero-order valence-electron chi connectivity index (χ0n) is 12.8. The number of hydrogen-bond acceptors (Lipinski definition) is 3. The van der Waals surface area contributed by atoms with Crippen molar-refractivity contribution in [3.8, 4) is 0 Å². The van der Waals surface area contributed by atoms with E-state index in [9.17, 15) is 0 Å². The van der Waals surface area contributed by atoms with Crippen LogP contribution in [0.3, 0.4) is 0 Å². The van der Waals surface area contributed by atoms with Gasteiger partial charge in [-0.25, -0.2) is 0 Å². The van der Waals surface area contributed by atoms with Gasteiger partial charge in [0.25, 0.3) is 0 Å². The van der Waals surface area contributed by atoms with Crippen molar-refractivity contribution in [2.45, 2.75) is 25.9 Å². The molecule has 1 N–H and O–H groups in total. The lowest BCUT2D eigenvalue weighted by molar-refractivity contribution is 0.256. The van der Waals surface area contributed by atoms with E-state index in [1.807, 2.05) is 30.3 Å². The lowest BCUT2D eigenvalue weighted by Gasteiger charge is -2.26. The van der Waals surface area contributed by atoms with Gasteiger partial charge in [0.15, 0.2) is 0 Å². The Hall–Kier alpha value is -1.29. The molecule has 0 aliphatic carbocycles. The molecule has 21 heavy (non-hydrogen) atoms. The van der Waals surface area contributed by atoms with Crippen molar-refractivity contribution >= 4 is 11.6 Å². The molecule has 0 aliphatic heterocycles. The predicted molar refractivity (Wildman–Crippen MR) is 87.6 cm³/mol. The van der Waals surface area contributed by atoms with Crippen LogP contribution in [0.25, 0.3) is 0 Å². The van der Waals surface area contributed by atoms with Gasteiger partial charge in [0.2, 0.25) is 0 Å². The zero-order chi connectivity index (χ0) is 15.2. The van der Waals surface area contributed by atoms with Gasteiger partial charge in [-0.1, -0.05) is 29.8 Å². The maximum Gasteiger partial charge on any atom is 0.120 e. The van der Waals surface area contributed by atoms with Crippen molar-refractivity contribution in [1.82, 2.24) is 10.2 Å². The molecule has 2 unspecified atom stereocenters. The molecule has 0 amide bonds.